The minimum atomic E-state index is -4.96. The number of fused-ring (bicyclic) bond motifs is 4. The molecule has 8 heterocycles. The number of hydrogen-bond donors (Lipinski definition) is 5. The first-order valence-corrected chi connectivity index (χ1v) is 16.6. The number of aliphatic hydroxyl groups excluding tert-OH is 1. The van der Waals surface area contributed by atoms with Crippen LogP contribution < -0.4 is 17.0 Å². The summed E-state index contributed by atoms with van der Waals surface area (Å²) in [5, 5.41) is 11.1. The van der Waals surface area contributed by atoms with E-state index in [2.05, 4.69) is 29.9 Å². The van der Waals surface area contributed by atoms with Crippen molar-refractivity contribution in [2.24, 2.45) is 0 Å². The summed E-state index contributed by atoms with van der Waals surface area (Å²) in [5.74, 6) is -0.140. The van der Waals surface area contributed by atoms with E-state index in [0.29, 0.717) is 0 Å². The molecule has 22 nitrogen and oxygen atoms in total. The lowest BCUT2D eigenvalue weighted by atomic mass is 10.0. The highest BCUT2D eigenvalue weighted by molar-refractivity contribution is 7.79. The number of phosphoric acid groups is 1. The van der Waals surface area contributed by atoms with Gasteiger partial charge in [0.25, 0.3) is 13.0 Å². The molecule has 4 aliphatic heterocycles. The number of nitrogens with one attached hydrogen (secondary N) is 1. The Bertz CT molecular complexity index is 2030. The predicted molar refractivity (Wildman–Crippen MR) is 150 cm³/mol. The van der Waals surface area contributed by atoms with Gasteiger partial charge < -0.3 is 44.7 Å². The van der Waals surface area contributed by atoms with Gasteiger partial charge in [0.15, 0.2) is 35.1 Å². The van der Waals surface area contributed by atoms with E-state index < -0.39 is 82.6 Å². The number of ether oxygens (including phenoxy) is 3. The largest absolute Gasteiger partial charge is 0.472 e. The van der Waals surface area contributed by atoms with Crippen molar-refractivity contribution >= 4 is 57.0 Å². The number of anilines is 2. The van der Waals surface area contributed by atoms with Crippen LogP contribution in [-0.4, -0.2) is 113 Å². The summed E-state index contributed by atoms with van der Waals surface area (Å²) in [6.07, 6.45) is -5.70. The Kier molecular flexibility index (Phi) is 6.74. The molecule has 0 saturated carbocycles. The van der Waals surface area contributed by atoms with E-state index in [0.717, 1.165) is 6.33 Å². The van der Waals surface area contributed by atoms with E-state index >= 15 is 0 Å². The smallest absolute Gasteiger partial charge is 0.387 e. The van der Waals surface area contributed by atoms with Crippen LogP contribution in [0.15, 0.2) is 23.8 Å². The van der Waals surface area contributed by atoms with Gasteiger partial charge in [-0.2, -0.15) is 4.98 Å². The van der Waals surface area contributed by atoms with Crippen LogP contribution in [0.4, 0.5) is 11.8 Å². The average Bonchev–Trinajstić information content (AvgIpc) is 3.80. The first-order valence-electron chi connectivity index (χ1n) is 13.5. The number of aromatic amines is 1. The highest BCUT2D eigenvalue weighted by Gasteiger charge is 2.66. The molecule has 25 heteroatoms. The molecule has 0 amide bonds. The lowest BCUT2D eigenvalue weighted by molar-refractivity contribution is -0.183. The number of nitrogen functional groups attached to an aromatic ring is 2. The fraction of sp³-hybridized carbons (Fsp3) is 0.524. The van der Waals surface area contributed by atoms with Crippen molar-refractivity contribution in [1.29, 1.82) is 0 Å². The van der Waals surface area contributed by atoms with Crippen molar-refractivity contribution in [3.63, 3.8) is 0 Å². The van der Waals surface area contributed by atoms with E-state index in [1.54, 1.807) is 0 Å². The van der Waals surface area contributed by atoms with Crippen LogP contribution in [0.3, 0.4) is 0 Å². The van der Waals surface area contributed by atoms with Gasteiger partial charge in [-0.05, 0) is 0 Å². The van der Waals surface area contributed by atoms with Gasteiger partial charge in [-0.15, -0.1) is 0 Å². The van der Waals surface area contributed by atoms with Crippen molar-refractivity contribution in [1.82, 2.24) is 39.0 Å². The zero-order chi connectivity index (χ0) is 32.2. The molecule has 0 aromatic carbocycles. The number of imidazole rings is 2. The summed E-state index contributed by atoms with van der Waals surface area (Å²) in [5.41, 5.74) is 9.62. The van der Waals surface area contributed by atoms with Gasteiger partial charge in [-0.3, -0.25) is 32.5 Å². The second kappa shape index (κ2) is 10.3. The minimum Gasteiger partial charge on any atom is -0.387 e. The molecule has 4 saturated heterocycles. The molecule has 10 unspecified atom stereocenters. The van der Waals surface area contributed by atoms with Gasteiger partial charge >= 0.3 is 7.82 Å². The maximum absolute atomic E-state index is 13.6. The van der Waals surface area contributed by atoms with Crippen LogP contribution >= 0.6 is 15.3 Å². The van der Waals surface area contributed by atoms with E-state index in [4.69, 9.17) is 51.3 Å². The number of rotatable bonds is 2. The number of nitrogens with zero attached hydrogens (tertiary/aromatic N) is 7. The summed E-state index contributed by atoms with van der Waals surface area (Å²) < 4.78 is 69.7. The summed E-state index contributed by atoms with van der Waals surface area (Å²) >= 11 is 0. The van der Waals surface area contributed by atoms with Crippen LogP contribution in [-0.2, 0) is 41.4 Å². The molecule has 7 N–H and O–H groups in total. The maximum atomic E-state index is 13.6. The Morgan fingerprint density at radius 3 is 2.57 bits per heavy atom. The first-order chi connectivity index (χ1) is 21.8. The molecule has 4 bridgehead atoms. The predicted octanol–water partition coefficient (Wildman–Crippen LogP) is -1.76. The number of aromatic nitrogens is 8. The molecule has 46 heavy (non-hydrogen) atoms. The van der Waals surface area contributed by atoms with Gasteiger partial charge in [0.05, 0.1) is 32.5 Å². The molecular weight excluding hydrogens is 657 g/mol. The summed E-state index contributed by atoms with van der Waals surface area (Å²) in [6, 6.07) is 0. The molecule has 242 valence electrons. The van der Waals surface area contributed by atoms with Crippen LogP contribution in [0.1, 0.15) is 12.5 Å². The van der Waals surface area contributed by atoms with Crippen LogP contribution in [0.2, 0.25) is 0 Å². The molecule has 4 fully saturated rings. The van der Waals surface area contributed by atoms with Crippen molar-refractivity contribution in [2.45, 2.75) is 48.6 Å². The molecule has 4 aliphatic rings. The quantitative estimate of drug-likeness (QED) is 0.116. The third kappa shape index (κ3) is 4.70. The number of nitrogens with two attached hydrogens (primary N) is 2. The second-order valence-electron chi connectivity index (χ2n) is 10.9. The van der Waals surface area contributed by atoms with Gasteiger partial charge in [-0.25, -0.2) is 24.5 Å². The molecule has 2 radical (unpaired) electrons. The van der Waals surface area contributed by atoms with Gasteiger partial charge in [0.1, 0.15) is 48.0 Å². The fourth-order valence-corrected chi connectivity index (χ4v) is 8.02. The number of hydrogen-bond acceptors (Lipinski definition) is 18. The number of H-pyrrole nitrogens is 1. The monoisotopic (exact) mass is 680 g/mol. The molecular formula is C21H23BN10O12P2. The van der Waals surface area contributed by atoms with Crippen LogP contribution in [0, 0.1) is 0 Å². The molecule has 4 aromatic rings. The lowest BCUT2D eigenvalue weighted by Gasteiger charge is -2.33. The fourth-order valence-electron chi connectivity index (χ4n) is 6.00. The van der Waals surface area contributed by atoms with Crippen LogP contribution in [0.5, 0.6) is 0 Å². The zero-order valence-electron chi connectivity index (χ0n) is 23.1. The molecule has 0 spiro atoms. The second-order valence-corrected chi connectivity index (χ2v) is 13.9. The van der Waals surface area contributed by atoms with Crippen LogP contribution in [0.25, 0.3) is 22.3 Å². The third-order valence-corrected chi connectivity index (χ3v) is 10.1. The SMILES string of the molecule is [B]P1(=O)OCC23COC(C(n4cnc5c(N)ncnc54)O2)C3OP(=O)(O)OCC2OC(n3cnc4c(=O)[nH]c(N)nc43)C(O1)C2O. The van der Waals surface area contributed by atoms with Crippen molar-refractivity contribution in [2.75, 3.05) is 31.3 Å². The minimum absolute atomic E-state index is 0.0704. The third-order valence-electron chi connectivity index (χ3n) is 8.08. The molecule has 4 aromatic heterocycles. The zero-order valence-corrected chi connectivity index (χ0v) is 24.9. The van der Waals surface area contributed by atoms with Crippen molar-refractivity contribution < 1.29 is 51.4 Å². The number of phosphoric ester groups is 1. The van der Waals surface area contributed by atoms with Gasteiger partial charge in [0, 0.05) is 0 Å². The van der Waals surface area contributed by atoms with Gasteiger partial charge in [-0.1, -0.05) is 0 Å². The highest BCUT2D eigenvalue weighted by atomic mass is 31.2. The molecule has 0 aliphatic carbocycles. The summed E-state index contributed by atoms with van der Waals surface area (Å²) in [4.78, 5) is 45.9. The molecule has 8 rings (SSSR count). The van der Waals surface area contributed by atoms with E-state index in [-0.39, 0.29) is 40.7 Å². The topological polar surface area (TPSA) is 298 Å². The van der Waals surface area contributed by atoms with E-state index in [1.165, 1.54) is 21.8 Å². The average molecular weight is 680 g/mol. The van der Waals surface area contributed by atoms with Crippen molar-refractivity contribution in [3.05, 3.63) is 29.3 Å². The summed E-state index contributed by atoms with van der Waals surface area (Å²) in [7, 11) is -3.55. The Labute approximate surface area is 256 Å². The summed E-state index contributed by atoms with van der Waals surface area (Å²) in [6.45, 7) is -1.60. The van der Waals surface area contributed by atoms with E-state index in [1.807, 2.05) is 0 Å². The Morgan fingerprint density at radius 1 is 1.00 bits per heavy atom. The van der Waals surface area contributed by atoms with Crippen molar-refractivity contribution in [3.8, 4) is 0 Å². The standard InChI is InChI=1S/C21H23BN10O12P2/c22-45(35)40-3-21-2-38-12(19(42-21)31-5-27-8-14(23)25-4-26-15(8)31)13(21)44-46(36,37)39-1-7-10(33)11(43-45)18(41-7)32-6-28-9-16(32)29-20(24)30-17(9)34/h4-7,10-13,18-19,33H,1-3H2,(H,36,37)(H2,23,25,26)(H3,24,29,30,34). The Hall–Kier alpha value is -3.34. The normalized spacial score (nSPS) is 39.7. The van der Waals surface area contributed by atoms with Gasteiger partial charge in [0.2, 0.25) is 13.5 Å². The first kappa shape index (κ1) is 30.0. The Balaban J connectivity index is 1.14. The lowest BCUT2D eigenvalue weighted by Crippen LogP contribution is -2.46. The maximum Gasteiger partial charge on any atom is 0.472 e. The number of aliphatic hydroxyl groups is 1. The van der Waals surface area contributed by atoms with E-state index in [9.17, 15) is 23.9 Å². The highest BCUT2D eigenvalue weighted by Crippen LogP contribution is 2.58. The Morgan fingerprint density at radius 2 is 1.76 bits per heavy atom. The molecule has 10 atom stereocenters.